The zero-order valence-electron chi connectivity index (χ0n) is 8.17. The molecular weight excluding hydrogens is 216 g/mol. The van der Waals surface area contributed by atoms with Crippen molar-refractivity contribution in [1.82, 2.24) is 0 Å². The van der Waals surface area contributed by atoms with Gasteiger partial charge in [0.15, 0.2) is 0 Å². The molecule has 0 fully saturated rings. The molecule has 0 unspecified atom stereocenters. The van der Waals surface area contributed by atoms with Crippen LogP contribution in [0.4, 0.5) is 5.69 Å². The molecule has 2 N–H and O–H groups in total. The molecule has 1 aromatic rings. The first kappa shape index (κ1) is 13.4. The summed E-state index contributed by atoms with van der Waals surface area (Å²) in [5, 5.41) is 3.40. The first-order valence-electron chi connectivity index (χ1n) is 4.32. The summed E-state index contributed by atoms with van der Waals surface area (Å²) in [6.45, 7) is 0.987. The van der Waals surface area contributed by atoms with Crippen LogP contribution in [0, 0.1) is 0 Å². The third kappa shape index (κ3) is 5.67. The van der Waals surface area contributed by atoms with Gasteiger partial charge >= 0.3 is 0 Å². The minimum atomic E-state index is 0. The predicted octanol–water partition coefficient (Wildman–Crippen LogP) is 2.77. The number of nitrogens with two attached hydrogens (primary N) is 1. The lowest BCUT2D eigenvalue weighted by atomic mass is 10.3. The van der Waals surface area contributed by atoms with Crippen LogP contribution in [0.1, 0.15) is 6.42 Å². The number of ether oxygens (including phenoxy) is 1. The Morgan fingerprint density at radius 1 is 1.47 bits per heavy atom. The number of halogens is 1. The molecule has 0 aliphatic heterocycles. The van der Waals surface area contributed by atoms with E-state index in [1.54, 1.807) is 12.1 Å². The fourth-order valence-corrected chi connectivity index (χ4v) is 0.974. The third-order valence-corrected chi connectivity index (χ3v) is 1.59. The summed E-state index contributed by atoms with van der Waals surface area (Å²) in [7, 11) is 0. The van der Waals surface area contributed by atoms with Crippen LogP contribution in [0.2, 0.25) is 0 Å². The van der Waals surface area contributed by atoms with E-state index in [4.69, 9.17) is 16.0 Å². The molecule has 0 spiro atoms. The van der Waals surface area contributed by atoms with Gasteiger partial charge in [0.2, 0.25) is 0 Å². The summed E-state index contributed by atoms with van der Waals surface area (Å²) in [4.78, 5) is 2.64. The van der Waals surface area contributed by atoms with Crippen LogP contribution in [0.25, 0.3) is 10.4 Å². The van der Waals surface area contributed by atoms with Crippen molar-refractivity contribution in [3.05, 3.63) is 34.7 Å². The van der Waals surface area contributed by atoms with Gasteiger partial charge in [0, 0.05) is 23.2 Å². The Kier molecular flexibility index (Phi) is 6.97. The summed E-state index contributed by atoms with van der Waals surface area (Å²) >= 11 is 0. The quantitative estimate of drug-likeness (QED) is 0.276. The van der Waals surface area contributed by atoms with E-state index < -0.39 is 0 Å². The molecule has 0 saturated heterocycles. The minimum absolute atomic E-state index is 0. The van der Waals surface area contributed by atoms with Gasteiger partial charge in [-0.15, -0.1) is 12.4 Å². The molecule has 0 radical (unpaired) electrons. The number of rotatable bonds is 5. The minimum Gasteiger partial charge on any atom is -0.494 e. The summed E-state index contributed by atoms with van der Waals surface area (Å²) in [5.74, 6) is 0.742. The average molecular weight is 229 g/mol. The molecular formula is C9H13ClN4O. The molecule has 0 atom stereocenters. The molecule has 1 aromatic carbocycles. The van der Waals surface area contributed by atoms with Crippen molar-refractivity contribution < 1.29 is 4.74 Å². The lowest BCUT2D eigenvalue weighted by Crippen LogP contribution is -1.99. The number of nitrogen functional groups attached to an aromatic ring is 1. The number of benzene rings is 1. The fraction of sp³-hybridized carbons (Fsp3) is 0.333. The molecule has 5 nitrogen and oxygen atoms in total. The van der Waals surface area contributed by atoms with Crippen molar-refractivity contribution in [2.24, 2.45) is 5.11 Å². The van der Waals surface area contributed by atoms with Gasteiger partial charge in [0.25, 0.3) is 0 Å². The van der Waals surface area contributed by atoms with Crippen molar-refractivity contribution >= 4 is 18.1 Å². The highest BCUT2D eigenvalue weighted by Gasteiger charge is 1.93. The monoisotopic (exact) mass is 228 g/mol. The van der Waals surface area contributed by atoms with Gasteiger partial charge in [-0.1, -0.05) is 11.2 Å². The standard InChI is InChI=1S/C9H12N4O.ClH/c10-8-3-1-4-9(7-8)14-6-2-5-12-13-11;/h1,3-4,7H,2,5-6,10H2;1H. The molecule has 0 amide bonds. The summed E-state index contributed by atoms with van der Waals surface area (Å²) in [6, 6.07) is 7.22. The Labute approximate surface area is 94.3 Å². The molecule has 6 heteroatoms. The largest absolute Gasteiger partial charge is 0.494 e. The predicted molar refractivity (Wildman–Crippen MR) is 62.2 cm³/mol. The van der Waals surface area contributed by atoms with Crippen molar-refractivity contribution in [3.63, 3.8) is 0 Å². The van der Waals surface area contributed by atoms with E-state index in [-0.39, 0.29) is 12.4 Å². The maximum Gasteiger partial charge on any atom is 0.121 e. The molecule has 82 valence electrons. The first-order chi connectivity index (χ1) is 6.83. The summed E-state index contributed by atoms with van der Waals surface area (Å²) < 4.78 is 5.37. The summed E-state index contributed by atoms with van der Waals surface area (Å²) in [5.41, 5.74) is 14.3. The van der Waals surface area contributed by atoms with Gasteiger partial charge in [-0.05, 0) is 24.1 Å². The molecule has 0 aromatic heterocycles. The van der Waals surface area contributed by atoms with E-state index in [0.29, 0.717) is 25.3 Å². The third-order valence-electron chi connectivity index (χ3n) is 1.59. The molecule has 0 aliphatic rings. The highest BCUT2D eigenvalue weighted by atomic mass is 35.5. The van der Waals surface area contributed by atoms with Gasteiger partial charge in [-0.25, -0.2) is 0 Å². The fourth-order valence-electron chi connectivity index (χ4n) is 0.974. The molecule has 0 aliphatic carbocycles. The smallest absolute Gasteiger partial charge is 0.121 e. The summed E-state index contributed by atoms with van der Waals surface area (Å²) in [6.07, 6.45) is 0.707. The zero-order chi connectivity index (χ0) is 10.2. The van der Waals surface area contributed by atoms with Crippen molar-refractivity contribution in [3.8, 4) is 5.75 Å². The molecule has 0 heterocycles. The highest BCUT2D eigenvalue weighted by Crippen LogP contribution is 2.14. The average Bonchev–Trinajstić information content (AvgIpc) is 2.18. The lowest BCUT2D eigenvalue weighted by molar-refractivity contribution is 0.313. The van der Waals surface area contributed by atoms with Crippen LogP contribution in [0.5, 0.6) is 5.75 Å². The highest BCUT2D eigenvalue weighted by molar-refractivity contribution is 5.85. The van der Waals surface area contributed by atoms with E-state index in [1.807, 2.05) is 12.1 Å². The molecule has 1 rings (SSSR count). The van der Waals surface area contributed by atoms with Crippen molar-refractivity contribution in [2.45, 2.75) is 6.42 Å². The van der Waals surface area contributed by atoms with Crippen LogP contribution in [0.3, 0.4) is 0 Å². The molecule has 15 heavy (non-hydrogen) atoms. The van der Waals surface area contributed by atoms with E-state index in [1.165, 1.54) is 0 Å². The maximum absolute atomic E-state index is 8.02. The SMILES string of the molecule is Cl.[N-]=[N+]=NCCCOc1cccc(N)c1. The van der Waals surface area contributed by atoms with Crippen molar-refractivity contribution in [1.29, 1.82) is 0 Å². The lowest BCUT2D eigenvalue weighted by Gasteiger charge is -2.04. The topological polar surface area (TPSA) is 84.0 Å². The Morgan fingerprint density at radius 2 is 2.27 bits per heavy atom. The number of azide groups is 1. The van der Waals surface area contributed by atoms with Gasteiger partial charge in [0.05, 0.1) is 6.61 Å². The van der Waals surface area contributed by atoms with Crippen LogP contribution < -0.4 is 10.5 Å². The number of anilines is 1. The maximum atomic E-state index is 8.02. The molecule has 0 saturated carbocycles. The second-order valence-electron chi connectivity index (χ2n) is 2.73. The zero-order valence-corrected chi connectivity index (χ0v) is 8.98. The van der Waals surface area contributed by atoms with E-state index in [0.717, 1.165) is 5.75 Å². The number of nitrogens with zero attached hydrogens (tertiary/aromatic N) is 3. The van der Waals surface area contributed by atoms with Crippen LogP contribution in [-0.4, -0.2) is 13.2 Å². The van der Waals surface area contributed by atoms with Gasteiger partial charge in [0.1, 0.15) is 5.75 Å². The van der Waals surface area contributed by atoms with E-state index >= 15 is 0 Å². The van der Waals surface area contributed by atoms with Crippen LogP contribution in [0.15, 0.2) is 29.4 Å². The molecule has 0 bridgehead atoms. The first-order valence-corrected chi connectivity index (χ1v) is 4.32. The second-order valence-corrected chi connectivity index (χ2v) is 2.73. The normalized spacial score (nSPS) is 8.53. The Hall–Kier alpha value is -1.58. The van der Waals surface area contributed by atoms with E-state index in [2.05, 4.69) is 10.0 Å². The van der Waals surface area contributed by atoms with Gasteiger partial charge < -0.3 is 10.5 Å². The Balaban J connectivity index is 0.00000196. The number of hydrogen-bond acceptors (Lipinski definition) is 3. The van der Waals surface area contributed by atoms with Crippen LogP contribution in [-0.2, 0) is 0 Å². The van der Waals surface area contributed by atoms with E-state index in [9.17, 15) is 0 Å². The number of hydrogen-bond donors (Lipinski definition) is 1. The Morgan fingerprint density at radius 3 is 2.93 bits per heavy atom. The van der Waals surface area contributed by atoms with Gasteiger partial charge in [-0.2, -0.15) is 0 Å². The Bertz CT molecular complexity index is 339. The second kappa shape index (κ2) is 7.79. The van der Waals surface area contributed by atoms with Gasteiger partial charge in [-0.3, -0.25) is 0 Å². The van der Waals surface area contributed by atoms with Crippen LogP contribution >= 0.6 is 12.4 Å². The van der Waals surface area contributed by atoms with Crippen molar-refractivity contribution in [2.75, 3.05) is 18.9 Å².